The standard InChI is InChI=1S/C15H20N2O5/c1-10(15(20)21)7-16(2)14(19)11-6-13(18)17(8-11)9-12-4-3-5-22-12/h3-5,10-11H,6-9H2,1-2H3,(H,20,21). The predicted molar refractivity (Wildman–Crippen MR) is 76.7 cm³/mol. The van der Waals surface area contributed by atoms with Gasteiger partial charge in [-0.15, -0.1) is 0 Å². The van der Waals surface area contributed by atoms with Crippen LogP contribution in [0.1, 0.15) is 19.1 Å². The van der Waals surface area contributed by atoms with Crippen LogP contribution in [0, 0.1) is 11.8 Å². The van der Waals surface area contributed by atoms with Crippen molar-refractivity contribution in [2.24, 2.45) is 11.8 Å². The first kappa shape index (κ1) is 16.1. The van der Waals surface area contributed by atoms with E-state index in [1.165, 1.54) is 4.90 Å². The maximum absolute atomic E-state index is 12.3. The summed E-state index contributed by atoms with van der Waals surface area (Å²) in [6, 6.07) is 3.53. The number of carboxylic acids is 1. The second kappa shape index (κ2) is 6.64. The Morgan fingerprint density at radius 3 is 2.86 bits per heavy atom. The van der Waals surface area contributed by atoms with Crippen LogP contribution in [0.15, 0.2) is 22.8 Å². The Morgan fingerprint density at radius 2 is 2.27 bits per heavy atom. The van der Waals surface area contributed by atoms with Crippen LogP contribution < -0.4 is 0 Å². The largest absolute Gasteiger partial charge is 0.481 e. The lowest BCUT2D eigenvalue weighted by molar-refractivity contribution is -0.143. The Bertz CT molecular complexity index is 554. The zero-order valence-corrected chi connectivity index (χ0v) is 12.7. The molecule has 0 saturated carbocycles. The van der Waals surface area contributed by atoms with E-state index in [1.807, 2.05) is 0 Å². The average molecular weight is 308 g/mol. The third kappa shape index (κ3) is 3.66. The maximum Gasteiger partial charge on any atom is 0.308 e. The molecule has 7 nitrogen and oxygen atoms in total. The Kier molecular flexibility index (Phi) is 4.85. The number of likely N-dealkylation sites (tertiary alicyclic amines) is 1. The summed E-state index contributed by atoms with van der Waals surface area (Å²) >= 11 is 0. The van der Waals surface area contributed by atoms with E-state index in [0.717, 1.165) is 0 Å². The minimum atomic E-state index is -0.943. The van der Waals surface area contributed by atoms with Gasteiger partial charge in [0.05, 0.1) is 24.6 Å². The molecule has 1 saturated heterocycles. The van der Waals surface area contributed by atoms with Crippen LogP contribution in [0.5, 0.6) is 0 Å². The lowest BCUT2D eigenvalue weighted by Gasteiger charge is -2.22. The number of furan rings is 1. The Balaban J connectivity index is 1.91. The number of carbonyl (C=O) groups excluding carboxylic acids is 2. The molecule has 2 unspecified atom stereocenters. The van der Waals surface area contributed by atoms with E-state index >= 15 is 0 Å². The number of carbonyl (C=O) groups is 3. The van der Waals surface area contributed by atoms with Gasteiger partial charge in [-0.25, -0.2) is 0 Å². The van der Waals surface area contributed by atoms with E-state index in [-0.39, 0.29) is 24.8 Å². The summed E-state index contributed by atoms with van der Waals surface area (Å²) in [7, 11) is 1.57. The van der Waals surface area contributed by atoms with E-state index < -0.39 is 17.8 Å². The first-order chi connectivity index (χ1) is 10.4. The average Bonchev–Trinajstić information content (AvgIpc) is 3.09. The molecule has 2 amide bonds. The molecule has 2 heterocycles. The molecule has 0 aliphatic carbocycles. The van der Waals surface area contributed by atoms with E-state index in [9.17, 15) is 14.4 Å². The highest BCUT2D eigenvalue weighted by Gasteiger charge is 2.36. The van der Waals surface area contributed by atoms with Crippen LogP contribution in [0.25, 0.3) is 0 Å². The van der Waals surface area contributed by atoms with Gasteiger partial charge in [0.25, 0.3) is 0 Å². The van der Waals surface area contributed by atoms with E-state index in [4.69, 9.17) is 9.52 Å². The summed E-state index contributed by atoms with van der Waals surface area (Å²) in [4.78, 5) is 38.2. The molecule has 2 atom stereocenters. The van der Waals surface area contributed by atoms with E-state index in [1.54, 1.807) is 37.3 Å². The lowest BCUT2D eigenvalue weighted by atomic mass is 10.1. The molecule has 0 aromatic carbocycles. The van der Waals surface area contributed by atoms with Crippen molar-refractivity contribution in [2.75, 3.05) is 20.1 Å². The molecule has 1 fully saturated rings. The number of rotatable bonds is 6. The van der Waals surface area contributed by atoms with Crippen molar-refractivity contribution in [3.05, 3.63) is 24.2 Å². The fraction of sp³-hybridized carbons (Fsp3) is 0.533. The van der Waals surface area contributed by atoms with Gasteiger partial charge in [-0.1, -0.05) is 6.92 Å². The second-order valence-electron chi connectivity index (χ2n) is 5.71. The van der Waals surface area contributed by atoms with Crippen molar-refractivity contribution in [3.8, 4) is 0 Å². The summed E-state index contributed by atoms with van der Waals surface area (Å²) < 4.78 is 5.21. The summed E-state index contributed by atoms with van der Waals surface area (Å²) in [5, 5.41) is 8.90. The third-order valence-corrected chi connectivity index (χ3v) is 3.84. The highest BCUT2D eigenvalue weighted by Crippen LogP contribution is 2.22. The van der Waals surface area contributed by atoms with E-state index in [2.05, 4.69) is 0 Å². The minimum absolute atomic E-state index is 0.0885. The molecule has 0 bridgehead atoms. The highest BCUT2D eigenvalue weighted by atomic mass is 16.4. The zero-order valence-electron chi connectivity index (χ0n) is 12.7. The lowest BCUT2D eigenvalue weighted by Crippen LogP contribution is -2.38. The van der Waals surface area contributed by atoms with Crippen LogP contribution >= 0.6 is 0 Å². The summed E-state index contributed by atoms with van der Waals surface area (Å²) in [6.45, 7) is 2.38. The molecule has 1 aliphatic rings. The van der Waals surface area contributed by atoms with Gasteiger partial charge in [-0.2, -0.15) is 0 Å². The number of hydrogen-bond donors (Lipinski definition) is 1. The molecule has 1 aliphatic heterocycles. The topological polar surface area (TPSA) is 91.1 Å². The zero-order chi connectivity index (χ0) is 16.3. The molecule has 1 N–H and O–H groups in total. The van der Waals surface area contributed by atoms with Crippen molar-refractivity contribution < 1.29 is 23.9 Å². The third-order valence-electron chi connectivity index (χ3n) is 3.84. The highest BCUT2D eigenvalue weighted by molar-refractivity contribution is 5.89. The van der Waals surface area contributed by atoms with Gasteiger partial charge in [0.1, 0.15) is 5.76 Å². The predicted octanol–water partition coefficient (Wildman–Crippen LogP) is 0.807. The molecular weight excluding hydrogens is 288 g/mol. The normalized spacial score (nSPS) is 19.3. The van der Waals surface area contributed by atoms with Crippen molar-refractivity contribution >= 4 is 17.8 Å². The Hall–Kier alpha value is -2.31. The maximum atomic E-state index is 12.3. The minimum Gasteiger partial charge on any atom is -0.481 e. The molecule has 7 heteroatoms. The number of nitrogens with zero attached hydrogens (tertiary/aromatic N) is 2. The van der Waals surface area contributed by atoms with E-state index in [0.29, 0.717) is 18.8 Å². The fourth-order valence-electron chi connectivity index (χ4n) is 2.57. The van der Waals surface area contributed by atoms with Gasteiger partial charge < -0.3 is 19.3 Å². The van der Waals surface area contributed by atoms with Gasteiger partial charge in [-0.3, -0.25) is 14.4 Å². The number of aliphatic carboxylic acids is 1. The molecule has 1 aromatic heterocycles. The van der Waals surface area contributed by atoms with Crippen LogP contribution in [0.4, 0.5) is 0 Å². The fourth-order valence-corrected chi connectivity index (χ4v) is 2.57. The molecule has 0 radical (unpaired) electrons. The first-order valence-electron chi connectivity index (χ1n) is 7.16. The van der Waals surface area contributed by atoms with Gasteiger partial charge in [0, 0.05) is 26.6 Å². The van der Waals surface area contributed by atoms with Gasteiger partial charge in [0.15, 0.2) is 0 Å². The molecule has 1 aromatic rings. The van der Waals surface area contributed by atoms with Crippen LogP contribution in [0.2, 0.25) is 0 Å². The van der Waals surface area contributed by atoms with Gasteiger partial charge >= 0.3 is 5.97 Å². The molecule has 22 heavy (non-hydrogen) atoms. The van der Waals surface area contributed by atoms with Crippen molar-refractivity contribution in [1.82, 2.24) is 9.80 Å². The quantitative estimate of drug-likeness (QED) is 0.839. The van der Waals surface area contributed by atoms with Gasteiger partial charge in [-0.05, 0) is 12.1 Å². The SMILES string of the molecule is CC(CN(C)C(=O)C1CC(=O)N(Cc2ccco2)C1)C(=O)O. The molecular formula is C15H20N2O5. The molecule has 120 valence electrons. The summed E-state index contributed by atoms with van der Waals surface area (Å²) in [5.74, 6) is -1.60. The van der Waals surface area contributed by atoms with Crippen molar-refractivity contribution in [3.63, 3.8) is 0 Å². The Morgan fingerprint density at radius 1 is 1.55 bits per heavy atom. The van der Waals surface area contributed by atoms with Crippen molar-refractivity contribution in [2.45, 2.75) is 19.9 Å². The summed E-state index contributed by atoms with van der Waals surface area (Å²) in [6.07, 6.45) is 1.70. The first-order valence-corrected chi connectivity index (χ1v) is 7.16. The Labute approximate surface area is 128 Å². The second-order valence-corrected chi connectivity index (χ2v) is 5.71. The van der Waals surface area contributed by atoms with Crippen molar-refractivity contribution in [1.29, 1.82) is 0 Å². The monoisotopic (exact) mass is 308 g/mol. The molecule has 0 spiro atoms. The van der Waals surface area contributed by atoms with Crippen LogP contribution in [0.3, 0.4) is 0 Å². The number of carboxylic acid groups (broad SMARTS) is 1. The molecule has 2 rings (SSSR count). The van der Waals surface area contributed by atoms with Gasteiger partial charge in [0.2, 0.25) is 11.8 Å². The van der Waals surface area contributed by atoms with Crippen LogP contribution in [-0.4, -0.2) is 52.8 Å². The smallest absolute Gasteiger partial charge is 0.308 e. The number of amides is 2. The number of hydrogen-bond acceptors (Lipinski definition) is 4. The summed E-state index contributed by atoms with van der Waals surface area (Å²) in [5.41, 5.74) is 0. The van der Waals surface area contributed by atoms with Crippen LogP contribution in [-0.2, 0) is 20.9 Å².